The first-order valence-corrected chi connectivity index (χ1v) is 11.6. The van der Waals surface area contributed by atoms with Crippen molar-refractivity contribution in [2.75, 3.05) is 19.5 Å². The predicted octanol–water partition coefficient (Wildman–Crippen LogP) is 0.151. The highest BCUT2D eigenvalue weighted by Gasteiger charge is 2.45. The molecule has 0 bridgehead atoms. The van der Waals surface area contributed by atoms with Gasteiger partial charge in [0.05, 0.1) is 31.9 Å². The van der Waals surface area contributed by atoms with Gasteiger partial charge in [-0.2, -0.15) is 0 Å². The normalized spacial score (nSPS) is 21.2. The zero-order valence-corrected chi connectivity index (χ0v) is 20.5. The number of hydrogen-bond acceptors (Lipinski definition) is 11. The number of imidazole rings is 1. The van der Waals surface area contributed by atoms with Crippen LogP contribution in [0.25, 0.3) is 22.6 Å². The van der Waals surface area contributed by atoms with E-state index in [9.17, 15) is 15.0 Å². The van der Waals surface area contributed by atoms with Gasteiger partial charge in [-0.3, -0.25) is 24.6 Å². The van der Waals surface area contributed by atoms with Crippen molar-refractivity contribution in [1.82, 2.24) is 40.1 Å². The van der Waals surface area contributed by atoms with Crippen LogP contribution in [0.2, 0.25) is 0 Å². The van der Waals surface area contributed by atoms with Gasteiger partial charge in [0, 0.05) is 25.0 Å². The molecular formula is C24H27N9O4. The third-order valence-corrected chi connectivity index (χ3v) is 6.23. The topological polar surface area (TPSA) is 172 Å². The molecule has 1 fully saturated rings. The van der Waals surface area contributed by atoms with Crippen molar-refractivity contribution in [2.24, 2.45) is 0 Å². The van der Waals surface area contributed by atoms with Crippen LogP contribution in [0.4, 0.5) is 5.82 Å². The molecule has 192 valence electrons. The number of likely N-dealkylation sites (N-methyl/N-ethyl adjacent to an activating group) is 1. The van der Waals surface area contributed by atoms with Crippen molar-refractivity contribution >= 4 is 22.9 Å². The molecule has 5 heterocycles. The van der Waals surface area contributed by atoms with Crippen LogP contribution in [0.5, 0.6) is 5.75 Å². The molecule has 0 radical (unpaired) electrons. The number of methoxy groups -OCH3 is 1. The number of aliphatic hydroxyl groups is 2. The van der Waals surface area contributed by atoms with Crippen molar-refractivity contribution in [2.45, 2.75) is 37.9 Å². The summed E-state index contributed by atoms with van der Waals surface area (Å²) in [7, 11) is 3.01. The van der Waals surface area contributed by atoms with Gasteiger partial charge in [0.1, 0.15) is 30.2 Å². The van der Waals surface area contributed by atoms with E-state index in [1.807, 2.05) is 19.1 Å². The maximum atomic E-state index is 12.2. The summed E-state index contributed by atoms with van der Waals surface area (Å²) in [6, 6.07) is 4.64. The number of rotatable bonds is 7. The number of nitrogens with one attached hydrogen (secondary N) is 3. The quantitative estimate of drug-likeness (QED) is 0.231. The van der Waals surface area contributed by atoms with E-state index in [1.165, 1.54) is 13.4 Å². The maximum Gasteiger partial charge on any atom is 0.239 e. The number of carbonyl (C=O) groups is 1. The lowest BCUT2D eigenvalue weighted by atomic mass is 10.1. The van der Waals surface area contributed by atoms with Gasteiger partial charge in [-0.25, -0.2) is 15.0 Å². The smallest absolute Gasteiger partial charge is 0.239 e. The van der Waals surface area contributed by atoms with E-state index in [-0.39, 0.29) is 0 Å². The molecule has 0 unspecified atom stereocenters. The van der Waals surface area contributed by atoms with Crippen LogP contribution < -0.4 is 20.7 Å². The molecule has 4 aromatic heterocycles. The van der Waals surface area contributed by atoms with Gasteiger partial charge in [-0.1, -0.05) is 0 Å². The van der Waals surface area contributed by atoms with Crippen molar-refractivity contribution in [3.63, 3.8) is 0 Å². The summed E-state index contributed by atoms with van der Waals surface area (Å²) in [6.07, 6.45) is 2.95. The Labute approximate surface area is 212 Å². The Morgan fingerprint density at radius 2 is 2.03 bits per heavy atom. The average Bonchev–Trinajstić information content (AvgIpc) is 3.47. The van der Waals surface area contributed by atoms with Gasteiger partial charge < -0.3 is 25.6 Å². The summed E-state index contributed by atoms with van der Waals surface area (Å²) in [5.41, 5.74) is 3.33. The molecule has 1 aliphatic rings. The van der Waals surface area contributed by atoms with Gasteiger partial charge >= 0.3 is 0 Å². The third kappa shape index (κ3) is 4.67. The van der Waals surface area contributed by atoms with Gasteiger partial charge in [0.2, 0.25) is 5.91 Å². The Balaban J connectivity index is 1.59. The number of pyridine rings is 2. The third-order valence-electron chi connectivity index (χ3n) is 6.23. The Hall–Kier alpha value is -4.20. The van der Waals surface area contributed by atoms with Crippen LogP contribution in [-0.4, -0.2) is 78.0 Å². The van der Waals surface area contributed by atoms with E-state index >= 15 is 0 Å². The number of aliphatic hydroxyl groups excluding tert-OH is 2. The Kier molecular flexibility index (Phi) is 6.65. The number of carbonyl (C=O) groups excluding carboxylic acids is 1. The zero-order valence-electron chi connectivity index (χ0n) is 20.5. The summed E-state index contributed by atoms with van der Waals surface area (Å²) >= 11 is 0. The minimum absolute atomic E-state index is 0.344. The molecule has 1 amide bonds. The first-order valence-electron chi connectivity index (χ1n) is 11.6. The molecule has 4 aromatic rings. The second-order valence-corrected chi connectivity index (χ2v) is 8.70. The van der Waals surface area contributed by atoms with E-state index < -0.39 is 30.3 Å². The highest BCUT2D eigenvalue weighted by Crippen LogP contribution is 2.30. The Morgan fingerprint density at radius 1 is 1.19 bits per heavy atom. The molecule has 1 saturated heterocycles. The highest BCUT2D eigenvalue weighted by atomic mass is 16.5. The van der Waals surface area contributed by atoms with Crippen molar-refractivity contribution in [3.8, 4) is 17.1 Å². The molecule has 0 saturated carbocycles. The summed E-state index contributed by atoms with van der Waals surface area (Å²) in [5.74, 6) is 0.888. The molecule has 0 aliphatic carbocycles. The molecule has 13 nitrogen and oxygen atoms in total. The Bertz CT molecular complexity index is 1440. The molecule has 5 N–H and O–H groups in total. The largest absolute Gasteiger partial charge is 0.495 e. The second kappa shape index (κ2) is 10.0. The number of aryl methyl sites for hydroxylation is 1. The van der Waals surface area contributed by atoms with Crippen LogP contribution in [-0.2, 0) is 11.3 Å². The predicted molar refractivity (Wildman–Crippen MR) is 133 cm³/mol. The second-order valence-electron chi connectivity index (χ2n) is 8.70. The Morgan fingerprint density at radius 3 is 2.78 bits per heavy atom. The van der Waals surface area contributed by atoms with Crippen molar-refractivity contribution in [3.05, 3.63) is 54.4 Å². The fourth-order valence-electron chi connectivity index (χ4n) is 4.29. The minimum Gasteiger partial charge on any atom is -0.495 e. The summed E-state index contributed by atoms with van der Waals surface area (Å²) in [4.78, 5) is 34.7. The molecule has 0 aromatic carbocycles. The maximum absolute atomic E-state index is 12.2. The van der Waals surface area contributed by atoms with Crippen LogP contribution >= 0.6 is 0 Å². The number of anilines is 1. The molecule has 1 aliphatic heterocycles. The average molecular weight is 506 g/mol. The minimum atomic E-state index is -1.32. The molecular weight excluding hydrogens is 478 g/mol. The van der Waals surface area contributed by atoms with Gasteiger partial charge in [0.15, 0.2) is 22.8 Å². The summed E-state index contributed by atoms with van der Waals surface area (Å²) in [6.45, 7) is 2.38. The molecule has 37 heavy (non-hydrogen) atoms. The molecule has 4 atom stereocenters. The lowest BCUT2D eigenvalue weighted by molar-refractivity contribution is -0.125. The zero-order chi connectivity index (χ0) is 26.1. The summed E-state index contributed by atoms with van der Waals surface area (Å²) in [5, 5.41) is 30.0. The fourth-order valence-corrected chi connectivity index (χ4v) is 4.29. The fraction of sp³-hybridized carbons (Fsp3) is 0.333. The van der Waals surface area contributed by atoms with Gasteiger partial charge in [-0.05, 0) is 30.7 Å². The van der Waals surface area contributed by atoms with E-state index in [4.69, 9.17) is 14.7 Å². The van der Waals surface area contributed by atoms with E-state index in [1.54, 1.807) is 36.3 Å². The molecule has 13 heteroatoms. The number of hydrogen-bond donors (Lipinski definition) is 5. The van der Waals surface area contributed by atoms with Crippen LogP contribution in [0.15, 0.2) is 43.1 Å². The number of nitrogens with zero attached hydrogens (tertiary/aromatic N) is 6. The summed E-state index contributed by atoms with van der Waals surface area (Å²) < 4.78 is 6.89. The lowest BCUT2D eigenvalue weighted by Crippen LogP contribution is -2.45. The first kappa shape index (κ1) is 24.5. The first-order chi connectivity index (χ1) is 17.9. The number of ether oxygens (including phenoxy) is 1. The van der Waals surface area contributed by atoms with Gasteiger partial charge in [-0.15, -0.1) is 0 Å². The van der Waals surface area contributed by atoms with Crippen LogP contribution in [0.1, 0.15) is 17.4 Å². The number of aromatic nitrogens is 6. The number of amides is 1. The van der Waals surface area contributed by atoms with E-state index in [2.05, 4.69) is 30.9 Å². The lowest BCUT2D eigenvalue weighted by Gasteiger charge is -2.18. The van der Waals surface area contributed by atoms with Crippen molar-refractivity contribution < 1.29 is 19.7 Å². The van der Waals surface area contributed by atoms with E-state index in [0.717, 1.165) is 11.3 Å². The SMILES string of the molecule is CNC(=O)[C@H]1N[C@@H](n2cnc3c(NCc4cc(C)ccn4)nc(-c4cncc(OC)c4)nc32)[C@H](O)[C@@H]1O. The molecule has 0 spiro atoms. The van der Waals surface area contributed by atoms with Crippen LogP contribution in [0, 0.1) is 6.92 Å². The highest BCUT2D eigenvalue weighted by molar-refractivity contribution is 5.86. The van der Waals surface area contributed by atoms with Gasteiger partial charge in [0.25, 0.3) is 0 Å². The van der Waals surface area contributed by atoms with Crippen LogP contribution in [0.3, 0.4) is 0 Å². The van der Waals surface area contributed by atoms with E-state index in [0.29, 0.717) is 40.7 Å². The molecule has 5 rings (SSSR count). The standard InChI is InChI=1S/C24H27N9O4/c1-12-4-5-27-14(6-12)9-28-21-17-22(32-20(31-21)13-7-15(37-3)10-26-8-13)33(11-29-17)23-19(35)18(34)16(30-23)24(36)25-2/h4-8,10-11,16,18-19,23,30,34-35H,9H2,1-3H3,(H,25,36)(H,28,31,32)/t16-,18+,19+,23-/m0/s1. The number of fused-ring (bicyclic) bond motifs is 1. The monoisotopic (exact) mass is 505 g/mol. The van der Waals surface area contributed by atoms with Crippen molar-refractivity contribution in [1.29, 1.82) is 0 Å².